The monoisotopic (exact) mass is 376 g/mol. The van der Waals surface area contributed by atoms with Crippen LogP contribution in [0.3, 0.4) is 0 Å². The Bertz CT molecular complexity index is 856. The Morgan fingerprint density at radius 1 is 1.04 bits per heavy atom. The minimum absolute atomic E-state index is 0.0454. The van der Waals surface area contributed by atoms with Crippen LogP contribution in [-0.2, 0) is 11.4 Å². The molecule has 1 nitrogen and oxygen atoms in total. The number of benzene rings is 2. The molecule has 2 aromatic rings. The Morgan fingerprint density at radius 3 is 2.41 bits per heavy atom. The van der Waals surface area contributed by atoms with E-state index in [2.05, 4.69) is 6.58 Å². The summed E-state index contributed by atoms with van der Waals surface area (Å²) in [5, 5.41) is 0. The van der Waals surface area contributed by atoms with Crippen LogP contribution in [-0.4, -0.2) is 6.61 Å². The van der Waals surface area contributed by atoms with Crippen molar-refractivity contribution in [1.82, 2.24) is 0 Å². The van der Waals surface area contributed by atoms with E-state index in [1.807, 2.05) is 6.08 Å². The van der Waals surface area contributed by atoms with Crippen molar-refractivity contribution in [2.24, 2.45) is 17.8 Å². The Morgan fingerprint density at radius 2 is 1.78 bits per heavy atom. The zero-order chi connectivity index (χ0) is 19.1. The first-order chi connectivity index (χ1) is 13.0. The first-order valence-electron chi connectivity index (χ1n) is 9.09. The Hall–Kier alpha value is -2.14. The van der Waals surface area contributed by atoms with Crippen LogP contribution in [0.5, 0.6) is 0 Å². The second-order valence-corrected chi connectivity index (χ2v) is 7.44. The van der Waals surface area contributed by atoms with Crippen LogP contribution in [0.15, 0.2) is 43.0 Å². The normalized spacial score (nSPS) is 27.0. The van der Waals surface area contributed by atoms with Crippen molar-refractivity contribution in [3.63, 3.8) is 0 Å². The molecule has 2 aromatic carbocycles. The minimum Gasteiger partial charge on any atom is -0.373 e. The van der Waals surface area contributed by atoms with Crippen LogP contribution in [0.4, 0.5) is 17.6 Å². The lowest BCUT2D eigenvalue weighted by Gasteiger charge is -2.19. The van der Waals surface area contributed by atoms with Crippen molar-refractivity contribution in [1.29, 1.82) is 0 Å². The van der Waals surface area contributed by atoms with E-state index < -0.39 is 29.7 Å². The summed E-state index contributed by atoms with van der Waals surface area (Å²) in [5.41, 5.74) is 0.213. The lowest BCUT2D eigenvalue weighted by molar-refractivity contribution is 0.0325. The molecule has 0 spiro atoms. The molecule has 0 bridgehead atoms. The summed E-state index contributed by atoms with van der Waals surface area (Å²) < 4.78 is 61.1. The maximum atomic E-state index is 14.7. The van der Waals surface area contributed by atoms with Gasteiger partial charge in [0.2, 0.25) is 0 Å². The van der Waals surface area contributed by atoms with Gasteiger partial charge in [-0.3, -0.25) is 0 Å². The molecule has 1 saturated heterocycles. The van der Waals surface area contributed by atoms with Crippen LogP contribution in [0.25, 0.3) is 11.1 Å². The lowest BCUT2D eigenvalue weighted by atomic mass is 9.97. The molecule has 0 N–H and O–H groups in total. The molecule has 27 heavy (non-hydrogen) atoms. The number of halogens is 4. The van der Waals surface area contributed by atoms with E-state index in [9.17, 15) is 17.6 Å². The summed E-state index contributed by atoms with van der Waals surface area (Å²) in [6.45, 7) is 3.16. The van der Waals surface area contributed by atoms with E-state index in [4.69, 9.17) is 4.74 Å². The Kier molecular flexibility index (Phi) is 4.81. The van der Waals surface area contributed by atoms with Crippen molar-refractivity contribution < 1.29 is 22.3 Å². The number of rotatable bonds is 4. The first kappa shape index (κ1) is 18.2. The predicted molar refractivity (Wildman–Crippen MR) is 95.2 cm³/mol. The van der Waals surface area contributed by atoms with Crippen LogP contribution in [0.2, 0.25) is 0 Å². The van der Waals surface area contributed by atoms with Gasteiger partial charge in [-0.2, -0.15) is 0 Å². The van der Waals surface area contributed by atoms with Gasteiger partial charge in [0, 0.05) is 11.5 Å². The fourth-order valence-electron chi connectivity index (χ4n) is 4.06. The zero-order valence-corrected chi connectivity index (χ0v) is 14.7. The maximum Gasteiger partial charge on any atom is 0.132 e. The van der Waals surface area contributed by atoms with Gasteiger partial charge in [-0.15, -0.1) is 6.58 Å². The number of ether oxygens (including phenoxy) is 1. The maximum absolute atomic E-state index is 14.7. The molecule has 4 rings (SSSR count). The molecule has 2 aliphatic rings. The van der Waals surface area contributed by atoms with Crippen molar-refractivity contribution >= 4 is 0 Å². The van der Waals surface area contributed by atoms with Gasteiger partial charge in [-0.25, -0.2) is 17.6 Å². The van der Waals surface area contributed by atoms with E-state index in [0.717, 1.165) is 30.5 Å². The molecule has 142 valence electrons. The van der Waals surface area contributed by atoms with Crippen LogP contribution in [0, 0.1) is 35.2 Å². The van der Waals surface area contributed by atoms with Gasteiger partial charge in [-0.1, -0.05) is 18.2 Å². The average Bonchev–Trinajstić information content (AvgIpc) is 3.40. The number of hydrogen-bond acceptors (Lipinski definition) is 1. The Balaban J connectivity index is 1.63. The molecule has 5 heteroatoms. The topological polar surface area (TPSA) is 9.23 Å². The van der Waals surface area contributed by atoms with E-state index >= 15 is 0 Å². The van der Waals surface area contributed by atoms with E-state index in [0.29, 0.717) is 24.4 Å². The van der Waals surface area contributed by atoms with Gasteiger partial charge >= 0.3 is 0 Å². The molecule has 1 aliphatic heterocycles. The second kappa shape index (κ2) is 7.12. The summed E-state index contributed by atoms with van der Waals surface area (Å²) in [5.74, 6) is -1.35. The van der Waals surface area contributed by atoms with Crippen LogP contribution in [0.1, 0.15) is 30.1 Å². The summed E-state index contributed by atoms with van der Waals surface area (Å²) in [4.78, 5) is 0. The molecule has 1 saturated carbocycles. The molecule has 0 radical (unpaired) electrons. The minimum atomic E-state index is -1.24. The van der Waals surface area contributed by atoms with Crippen molar-refractivity contribution in [3.8, 4) is 11.1 Å². The fraction of sp³-hybridized carbons (Fsp3) is 0.364. The highest BCUT2D eigenvalue weighted by atomic mass is 19.1. The number of hydrogen-bond donors (Lipinski definition) is 0. The van der Waals surface area contributed by atoms with Crippen LogP contribution >= 0.6 is 0 Å². The van der Waals surface area contributed by atoms with E-state index in [1.54, 1.807) is 6.07 Å². The summed E-state index contributed by atoms with van der Waals surface area (Å²) >= 11 is 0. The fourth-order valence-corrected chi connectivity index (χ4v) is 4.06. The molecule has 4 atom stereocenters. The largest absolute Gasteiger partial charge is 0.373 e. The molecule has 2 fully saturated rings. The zero-order valence-electron chi connectivity index (χ0n) is 14.7. The van der Waals surface area contributed by atoms with Gasteiger partial charge in [-0.05, 0) is 54.0 Å². The molecular weight excluding hydrogens is 356 g/mol. The predicted octanol–water partition coefficient (Wildman–Crippen LogP) is 6.14. The molecular formula is C22H20F4O. The van der Waals surface area contributed by atoms with Gasteiger partial charge < -0.3 is 4.74 Å². The van der Waals surface area contributed by atoms with E-state index in [1.165, 1.54) is 12.1 Å². The van der Waals surface area contributed by atoms with Gasteiger partial charge in [0.1, 0.15) is 24.1 Å². The second-order valence-electron chi connectivity index (χ2n) is 7.44. The van der Waals surface area contributed by atoms with Crippen molar-refractivity contribution in [2.45, 2.75) is 25.6 Å². The highest BCUT2D eigenvalue weighted by molar-refractivity contribution is 5.65. The summed E-state index contributed by atoms with van der Waals surface area (Å²) in [6, 6.07) is 6.55. The van der Waals surface area contributed by atoms with Crippen LogP contribution < -0.4 is 0 Å². The highest BCUT2D eigenvalue weighted by Crippen LogP contribution is 2.54. The van der Waals surface area contributed by atoms with Gasteiger partial charge in [0.25, 0.3) is 0 Å². The first-order valence-corrected chi connectivity index (χ1v) is 9.09. The molecule has 0 amide bonds. The highest BCUT2D eigenvalue weighted by Gasteiger charge is 2.47. The smallest absolute Gasteiger partial charge is 0.132 e. The summed E-state index contributed by atoms with van der Waals surface area (Å²) in [6.07, 6.45) is 3.83. The third kappa shape index (κ3) is 3.41. The molecule has 1 aliphatic carbocycles. The Labute approximate surface area is 155 Å². The third-order valence-electron chi connectivity index (χ3n) is 5.70. The van der Waals surface area contributed by atoms with Crippen molar-refractivity contribution in [2.75, 3.05) is 6.61 Å². The third-order valence-corrected chi connectivity index (χ3v) is 5.70. The quantitative estimate of drug-likeness (QED) is 0.460. The van der Waals surface area contributed by atoms with Gasteiger partial charge in [0.15, 0.2) is 0 Å². The SMILES string of the molecule is C=CC1COC(c2ccc(-c3cc(F)c(CF)c(F)c3)c(F)c2)C2C[C@@H]2C1. The average molecular weight is 376 g/mol. The number of alkyl halides is 1. The lowest BCUT2D eigenvalue weighted by Crippen LogP contribution is -2.10. The van der Waals surface area contributed by atoms with Gasteiger partial charge in [0.05, 0.1) is 18.3 Å². The van der Waals surface area contributed by atoms with E-state index in [-0.39, 0.29) is 17.2 Å². The molecule has 3 unspecified atom stereocenters. The molecule has 0 aromatic heterocycles. The van der Waals surface area contributed by atoms with Crippen molar-refractivity contribution in [3.05, 3.63) is 71.6 Å². The summed E-state index contributed by atoms with van der Waals surface area (Å²) in [7, 11) is 0. The number of fused-ring (bicyclic) bond motifs is 1. The molecule has 1 heterocycles. The standard InChI is InChI=1S/C22H20F4O/c1-2-12-5-14-6-17(14)22(27-11-12)13-3-4-16(19(24)7-13)15-8-20(25)18(10-23)21(26)9-15/h2-4,7-9,12,14,17,22H,1,5-6,10-11H2/t12?,14-,17?,22?/m0/s1.